The van der Waals surface area contributed by atoms with Crippen LogP contribution in [0.25, 0.3) is 10.9 Å². The maximum absolute atomic E-state index is 13.4. The Bertz CT molecular complexity index is 1070. The lowest BCUT2D eigenvalue weighted by atomic mass is 9.96. The highest BCUT2D eigenvalue weighted by atomic mass is 16.4. The number of para-hydroxylation sites is 1. The van der Waals surface area contributed by atoms with E-state index in [0.717, 1.165) is 16.5 Å². The molecule has 0 radical (unpaired) electrons. The number of carbonyl (C=O) groups is 4. The average Bonchev–Trinajstić information content (AvgIpc) is 3.26. The fraction of sp³-hybridized carbons (Fsp3) is 0.538. The van der Waals surface area contributed by atoms with Crippen molar-refractivity contribution in [2.75, 3.05) is 0 Å². The highest BCUT2D eigenvalue weighted by Gasteiger charge is 2.33. The number of aromatic amines is 1. The van der Waals surface area contributed by atoms with Crippen molar-refractivity contribution in [3.63, 3.8) is 0 Å². The van der Waals surface area contributed by atoms with Crippen LogP contribution in [-0.2, 0) is 25.6 Å². The Morgan fingerprint density at radius 3 is 2.06 bits per heavy atom. The lowest BCUT2D eigenvalue weighted by molar-refractivity contribution is -0.143. The molecule has 6 atom stereocenters. The van der Waals surface area contributed by atoms with Gasteiger partial charge in [-0.25, -0.2) is 4.79 Å². The van der Waals surface area contributed by atoms with Gasteiger partial charge in [-0.1, -0.05) is 58.7 Å². The van der Waals surface area contributed by atoms with Crippen LogP contribution in [0.4, 0.5) is 0 Å². The topological polar surface area (TPSA) is 166 Å². The molecule has 1 heterocycles. The second kappa shape index (κ2) is 13.1. The van der Waals surface area contributed by atoms with Gasteiger partial charge in [0.05, 0.1) is 6.04 Å². The molecule has 1 aromatic carbocycles. The Morgan fingerprint density at radius 2 is 1.47 bits per heavy atom. The molecule has 10 nitrogen and oxygen atoms in total. The summed E-state index contributed by atoms with van der Waals surface area (Å²) in [5.74, 6) is -3.30. The first kappa shape index (κ1) is 28.8. The van der Waals surface area contributed by atoms with Crippen LogP contribution in [0.3, 0.4) is 0 Å². The van der Waals surface area contributed by atoms with Gasteiger partial charge in [-0.2, -0.15) is 0 Å². The van der Waals surface area contributed by atoms with E-state index in [9.17, 15) is 24.3 Å². The number of hydrogen-bond donors (Lipinski definition) is 6. The molecule has 0 aliphatic carbocycles. The first-order valence-electron chi connectivity index (χ1n) is 12.4. The van der Waals surface area contributed by atoms with Gasteiger partial charge >= 0.3 is 5.97 Å². The summed E-state index contributed by atoms with van der Waals surface area (Å²) >= 11 is 0. The molecule has 2 rings (SSSR count). The average molecular weight is 502 g/mol. The molecule has 0 aliphatic rings. The quantitative estimate of drug-likeness (QED) is 0.244. The number of aromatic nitrogens is 1. The van der Waals surface area contributed by atoms with Crippen molar-refractivity contribution < 1.29 is 24.3 Å². The van der Waals surface area contributed by atoms with Gasteiger partial charge in [0.2, 0.25) is 17.7 Å². The van der Waals surface area contributed by atoms with Gasteiger partial charge < -0.3 is 31.8 Å². The monoisotopic (exact) mass is 501 g/mol. The number of hydrogen-bond acceptors (Lipinski definition) is 5. The molecule has 1 aromatic heterocycles. The van der Waals surface area contributed by atoms with E-state index in [0.29, 0.717) is 12.8 Å². The number of rotatable bonds is 13. The predicted molar refractivity (Wildman–Crippen MR) is 138 cm³/mol. The van der Waals surface area contributed by atoms with E-state index in [-0.39, 0.29) is 18.3 Å². The fourth-order valence-corrected chi connectivity index (χ4v) is 3.91. The summed E-state index contributed by atoms with van der Waals surface area (Å²) in [7, 11) is 0. The SMILES string of the molecule is CCC(C)C(NC(=O)C(Cc1c[nH]c2ccccc12)NC(=O)C(NC(=O)C(C)N)C(C)CC)C(=O)O. The molecule has 0 saturated heterocycles. The molecule has 6 unspecified atom stereocenters. The summed E-state index contributed by atoms with van der Waals surface area (Å²) in [4.78, 5) is 54.0. The zero-order valence-electron chi connectivity index (χ0n) is 21.6. The van der Waals surface area contributed by atoms with Gasteiger partial charge in [0.15, 0.2) is 0 Å². The minimum absolute atomic E-state index is 0.128. The van der Waals surface area contributed by atoms with Crippen molar-refractivity contribution >= 4 is 34.6 Å². The van der Waals surface area contributed by atoms with Crippen molar-refractivity contribution in [1.29, 1.82) is 0 Å². The minimum atomic E-state index is -1.14. The van der Waals surface area contributed by atoms with Crippen molar-refractivity contribution in [3.05, 3.63) is 36.0 Å². The number of fused-ring (bicyclic) bond motifs is 1. The maximum Gasteiger partial charge on any atom is 0.326 e. The number of nitrogens with two attached hydrogens (primary N) is 1. The van der Waals surface area contributed by atoms with Crippen molar-refractivity contribution in [3.8, 4) is 0 Å². The van der Waals surface area contributed by atoms with Crippen LogP contribution in [-0.4, -0.2) is 57.9 Å². The molecule has 0 spiro atoms. The fourth-order valence-electron chi connectivity index (χ4n) is 3.91. The van der Waals surface area contributed by atoms with Crippen LogP contribution in [0, 0.1) is 11.8 Å². The normalized spacial score (nSPS) is 16.3. The summed E-state index contributed by atoms with van der Waals surface area (Å²) in [5, 5.41) is 18.6. The zero-order valence-corrected chi connectivity index (χ0v) is 21.6. The van der Waals surface area contributed by atoms with Gasteiger partial charge in [0.25, 0.3) is 0 Å². The van der Waals surface area contributed by atoms with Crippen LogP contribution in [0.2, 0.25) is 0 Å². The Kier molecular flexibility index (Phi) is 10.5. The summed E-state index contributed by atoms with van der Waals surface area (Å²) in [6, 6.07) is 3.68. The summed E-state index contributed by atoms with van der Waals surface area (Å²) in [6.07, 6.45) is 3.05. The Balaban J connectivity index is 2.37. The van der Waals surface area contributed by atoms with Gasteiger partial charge in [-0.05, 0) is 30.4 Å². The lowest BCUT2D eigenvalue weighted by Gasteiger charge is -2.28. The maximum atomic E-state index is 13.4. The highest BCUT2D eigenvalue weighted by molar-refractivity contribution is 5.95. The summed E-state index contributed by atoms with van der Waals surface area (Å²) in [6.45, 7) is 8.83. The number of carbonyl (C=O) groups excluding carboxylic acids is 3. The number of benzene rings is 1. The van der Waals surface area contributed by atoms with E-state index in [1.165, 1.54) is 6.92 Å². The Morgan fingerprint density at radius 1 is 0.889 bits per heavy atom. The van der Waals surface area contributed by atoms with E-state index < -0.39 is 47.9 Å². The lowest BCUT2D eigenvalue weighted by Crippen LogP contribution is -2.59. The third kappa shape index (κ3) is 7.30. The minimum Gasteiger partial charge on any atom is -0.480 e. The summed E-state index contributed by atoms with van der Waals surface area (Å²) in [5.41, 5.74) is 7.35. The van der Waals surface area contributed by atoms with Gasteiger partial charge in [-0.15, -0.1) is 0 Å². The van der Waals surface area contributed by atoms with Crippen LogP contribution in [0.1, 0.15) is 53.0 Å². The zero-order chi connectivity index (χ0) is 27.0. The smallest absolute Gasteiger partial charge is 0.326 e. The second-order valence-corrected chi connectivity index (χ2v) is 9.50. The Hall–Kier alpha value is -3.40. The molecule has 10 heteroatoms. The molecule has 0 bridgehead atoms. The van der Waals surface area contributed by atoms with Crippen LogP contribution in [0.5, 0.6) is 0 Å². The van der Waals surface area contributed by atoms with Gasteiger partial charge in [0.1, 0.15) is 18.1 Å². The Labute approximate surface area is 211 Å². The van der Waals surface area contributed by atoms with E-state index in [4.69, 9.17) is 5.73 Å². The first-order valence-corrected chi connectivity index (χ1v) is 12.4. The molecular formula is C26H39N5O5. The largest absolute Gasteiger partial charge is 0.480 e. The number of H-pyrrole nitrogens is 1. The molecule has 3 amide bonds. The van der Waals surface area contributed by atoms with Gasteiger partial charge in [-0.3, -0.25) is 14.4 Å². The highest BCUT2D eigenvalue weighted by Crippen LogP contribution is 2.20. The standard InChI is InChI=1S/C26H39N5O5/c1-6-14(3)21(30-23(32)16(5)27)25(34)29-20(24(33)31-22(26(35)36)15(4)7-2)12-17-13-28-19-11-9-8-10-18(17)19/h8-11,13-16,20-22,28H,6-7,12,27H2,1-5H3,(H,29,34)(H,30,32)(H,31,33)(H,35,36). The summed E-state index contributed by atoms with van der Waals surface area (Å²) < 4.78 is 0. The molecular weight excluding hydrogens is 462 g/mol. The molecule has 0 saturated carbocycles. The van der Waals surface area contributed by atoms with Crippen molar-refractivity contribution in [2.24, 2.45) is 17.6 Å². The number of nitrogens with one attached hydrogen (secondary N) is 4. The number of aliphatic carboxylic acids is 1. The third-order valence-electron chi connectivity index (χ3n) is 6.72. The van der Waals surface area contributed by atoms with Crippen LogP contribution in [0.15, 0.2) is 30.5 Å². The van der Waals surface area contributed by atoms with Crippen molar-refractivity contribution in [1.82, 2.24) is 20.9 Å². The predicted octanol–water partition coefficient (Wildman–Crippen LogP) is 1.69. The molecule has 0 aliphatic heterocycles. The molecule has 198 valence electrons. The molecule has 2 aromatic rings. The van der Waals surface area contributed by atoms with Crippen molar-refractivity contribution in [2.45, 2.75) is 78.0 Å². The second-order valence-electron chi connectivity index (χ2n) is 9.50. The van der Waals surface area contributed by atoms with E-state index in [1.54, 1.807) is 13.1 Å². The molecule has 0 fully saturated rings. The number of carboxylic acid groups (broad SMARTS) is 1. The van der Waals surface area contributed by atoms with Crippen LogP contribution < -0.4 is 21.7 Å². The number of carboxylic acids is 1. The third-order valence-corrected chi connectivity index (χ3v) is 6.72. The molecule has 36 heavy (non-hydrogen) atoms. The number of amides is 3. The first-order chi connectivity index (χ1) is 17.0. The van der Waals surface area contributed by atoms with E-state index in [1.807, 2.05) is 45.0 Å². The molecule has 7 N–H and O–H groups in total. The van der Waals surface area contributed by atoms with Crippen LogP contribution >= 0.6 is 0 Å². The van der Waals surface area contributed by atoms with E-state index >= 15 is 0 Å². The van der Waals surface area contributed by atoms with Gasteiger partial charge in [0, 0.05) is 23.5 Å². The van der Waals surface area contributed by atoms with E-state index in [2.05, 4.69) is 20.9 Å².